The van der Waals surface area contributed by atoms with Gasteiger partial charge in [0, 0.05) is 23.4 Å². The Morgan fingerprint density at radius 2 is 1.93 bits per heavy atom. The first-order valence-electron chi connectivity index (χ1n) is 9.05. The van der Waals surface area contributed by atoms with Crippen LogP contribution in [-0.4, -0.2) is 37.5 Å². The summed E-state index contributed by atoms with van der Waals surface area (Å²) in [5.74, 6) is 1.03. The zero-order chi connectivity index (χ0) is 21.9. The summed E-state index contributed by atoms with van der Waals surface area (Å²) in [5, 5.41) is 12.2. The summed E-state index contributed by atoms with van der Waals surface area (Å²) < 4.78 is 41.4. The van der Waals surface area contributed by atoms with Crippen LogP contribution in [0, 0.1) is 0 Å². The average molecular weight is 456 g/mol. The number of nitrogens with zero attached hydrogens (tertiary/aromatic N) is 4. The molecule has 0 radical (unpaired) electrons. The molecule has 1 aromatic carbocycles. The van der Waals surface area contributed by atoms with Gasteiger partial charge in [-0.25, -0.2) is 4.98 Å². The Labute approximate surface area is 180 Å². The third kappa shape index (κ3) is 5.45. The molecular weight excluding hydrogens is 435 g/mol. The molecule has 0 saturated heterocycles. The number of carbonyl (C=O) groups is 1. The van der Waals surface area contributed by atoms with E-state index in [0.29, 0.717) is 32.5 Å². The van der Waals surface area contributed by atoms with E-state index in [9.17, 15) is 18.0 Å². The highest BCUT2D eigenvalue weighted by Gasteiger charge is 2.33. The Hall–Kier alpha value is -2.27. The number of alkyl halides is 3. The van der Waals surface area contributed by atoms with Gasteiger partial charge >= 0.3 is 6.18 Å². The highest BCUT2D eigenvalue weighted by molar-refractivity contribution is 7.99. The molecule has 2 aromatic heterocycles. The molecule has 160 valence electrons. The number of rotatable bonds is 7. The summed E-state index contributed by atoms with van der Waals surface area (Å²) in [6, 6.07) is 7.85. The molecule has 2 heterocycles. The van der Waals surface area contributed by atoms with Crippen molar-refractivity contribution in [3.63, 3.8) is 0 Å². The Morgan fingerprint density at radius 3 is 2.63 bits per heavy atom. The zero-order valence-corrected chi connectivity index (χ0v) is 18.2. The van der Waals surface area contributed by atoms with Crippen LogP contribution in [-0.2, 0) is 23.8 Å². The monoisotopic (exact) mass is 455 g/mol. The number of hydrogen-bond donors (Lipinski definition) is 1. The van der Waals surface area contributed by atoms with Gasteiger partial charge in [-0.05, 0) is 26.0 Å². The first-order valence-corrected chi connectivity index (χ1v) is 11.0. The smallest absolute Gasteiger partial charge is 0.353 e. The van der Waals surface area contributed by atoms with Gasteiger partial charge in [-0.2, -0.15) is 13.2 Å². The lowest BCUT2D eigenvalue weighted by Crippen LogP contribution is -2.31. The zero-order valence-electron chi connectivity index (χ0n) is 16.5. The number of thioether (sulfide) groups is 2. The summed E-state index contributed by atoms with van der Waals surface area (Å²) in [4.78, 5) is 16.0. The summed E-state index contributed by atoms with van der Waals surface area (Å²) in [5.41, 5.74) is -0.630. The van der Waals surface area contributed by atoms with Gasteiger partial charge in [0.1, 0.15) is 11.5 Å². The van der Waals surface area contributed by atoms with E-state index in [1.165, 1.54) is 23.5 Å². The Kier molecular flexibility index (Phi) is 6.91. The van der Waals surface area contributed by atoms with Crippen molar-refractivity contribution >= 4 is 40.3 Å². The molecule has 0 aliphatic heterocycles. The van der Waals surface area contributed by atoms with Crippen LogP contribution in [0.4, 0.5) is 13.2 Å². The normalized spacial score (nSPS) is 12.0. The van der Waals surface area contributed by atoms with Crippen LogP contribution in [0.15, 0.2) is 40.4 Å². The molecule has 0 spiro atoms. The standard InChI is InChI=1S/C19H20F3N5OS2/c1-11(2)23-17(28)10-30-18-26-25-16(27(18)3)9-29-14-8-15(19(20,21)22)24-13-7-5-4-6-12(13)14/h4-8,11H,9-10H2,1-3H3,(H,23,28). The molecule has 0 bridgehead atoms. The molecule has 1 N–H and O–H groups in total. The molecule has 1 amide bonds. The van der Waals surface area contributed by atoms with Gasteiger partial charge in [0.05, 0.1) is 17.0 Å². The summed E-state index contributed by atoms with van der Waals surface area (Å²) in [6.07, 6.45) is -4.52. The number of benzene rings is 1. The first-order chi connectivity index (χ1) is 14.1. The Morgan fingerprint density at radius 1 is 1.20 bits per heavy atom. The molecule has 0 aliphatic carbocycles. The summed E-state index contributed by atoms with van der Waals surface area (Å²) in [6.45, 7) is 3.76. The highest BCUT2D eigenvalue weighted by atomic mass is 32.2. The van der Waals surface area contributed by atoms with Crippen molar-refractivity contribution in [2.75, 3.05) is 5.75 Å². The maximum absolute atomic E-state index is 13.2. The SMILES string of the molecule is CC(C)NC(=O)CSc1nnc(CSc2cc(C(F)(F)F)nc3ccccc23)n1C. The van der Waals surface area contributed by atoms with Gasteiger partial charge in [0.2, 0.25) is 5.91 Å². The van der Waals surface area contributed by atoms with Crippen molar-refractivity contribution in [3.8, 4) is 0 Å². The van der Waals surface area contributed by atoms with Crippen molar-refractivity contribution < 1.29 is 18.0 Å². The molecule has 30 heavy (non-hydrogen) atoms. The van der Waals surface area contributed by atoms with Crippen LogP contribution in [0.5, 0.6) is 0 Å². The van der Waals surface area contributed by atoms with Crippen molar-refractivity contribution in [2.45, 2.75) is 41.9 Å². The van der Waals surface area contributed by atoms with Crippen LogP contribution in [0.3, 0.4) is 0 Å². The molecule has 11 heteroatoms. The first kappa shape index (κ1) is 22.4. The van der Waals surface area contributed by atoms with Crippen molar-refractivity contribution in [1.29, 1.82) is 0 Å². The third-order valence-corrected chi connectivity index (χ3v) is 6.10. The van der Waals surface area contributed by atoms with Crippen LogP contribution in [0.2, 0.25) is 0 Å². The van der Waals surface area contributed by atoms with E-state index in [4.69, 9.17) is 0 Å². The topological polar surface area (TPSA) is 72.7 Å². The van der Waals surface area contributed by atoms with E-state index in [2.05, 4.69) is 20.5 Å². The number of aromatic nitrogens is 4. The summed E-state index contributed by atoms with van der Waals surface area (Å²) in [7, 11) is 1.77. The van der Waals surface area contributed by atoms with Gasteiger partial charge in [0.15, 0.2) is 5.16 Å². The minimum Gasteiger partial charge on any atom is -0.353 e. The molecule has 0 fully saturated rings. The van der Waals surface area contributed by atoms with E-state index in [1.54, 1.807) is 35.9 Å². The molecule has 0 unspecified atom stereocenters. The number of nitrogens with one attached hydrogen (secondary N) is 1. The molecule has 6 nitrogen and oxygen atoms in total. The van der Waals surface area contributed by atoms with E-state index >= 15 is 0 Å². The minimum atomic E-state index is -4.52. The Bertz CT molecular complexity index is 1050. The van der Waals surface area contributed by atoms with Crippen molar-refractivity contribution in [3.05, 3.63) is 41.9 Å². The number of fused-ring (bicyclic) bond motifs is 1. The predicted octanol–water partition coefficient (Wildman–Crippen LogP) is 4.29. The quantitative estimate of drug-likeness (QED) is 0.536. The van der Waals surface area contributed by atoms with Gasteiger partial charge in [-0.15, -0.1) is 22.0 Å². The fourth-order valence-corrected chi connectivity index (χ4v) is 4.44. The van der Waals surface area contributed by atoms with Crippen molar-refractivity contribution in [2.24, 2.45) is 7.05 Å². The second kappa shape index (κ2) is 9.25. The van der Waals surface area contributed by atoms with E-state index in [1.807, 2.05) is 13.8 Å². The van der Waals surface area contributed by atoms with Crippen LogP contribution >= 0.6 is 23.5 Å². The lowest BCUT2D eigenvalue weighted by molar-refractivity contribution is -0.141. The van der Waals surface area contributed by atoms with Gasteiger partial charge in [-0.3, -0.25) is 4.79 Å². The second-order valence-electron chi connectivity index (χ2n) is 6.78. The average Bonchev–Trinajstić information content (AvgIpc) is 3.02. The van der Waals surface area contributed by atoms with E-state index in [-0.39, 0.29) is 17.7 Å². The predicted molar refractivity (Wildman–Crippen MR) is 111 cm³/mol. The second-order valence-corrected chi connectivity index (χ2v) is 8.74. The van der Waals surface area contributed by atoms with Gasteiger partial charge in [-0.1, -0.05) is 30.0 Å². The fourth-order valence-electron chi connectivity index (χ4n) is 2.64. The molecule has 0 aliphatic rings. The minimum absolute atomic E-state index is 0.0568. The number of carbonyl (C=O) groups excluding carboxylic acids is 1. The largest absolute Gasteiger partial charge is 0.433 e. The van der Waals surface area contributed by atoms with Gasteiger partial charge in [0.25, 0.3) is 0 Å². The fraction of sp³-hybridized carbons (Fsp3) is 0.368. The lowest BCUT2D eigenvalue weighted by Gasteiger charge is -2.11. The number of hydrogen-bond acceptors (Lipinski definition) is 6. The van der Waals surface area contributed by atoms with Gasteiger partial charge < -0.3 is 9.88 Å². The molecule has 0 atom stereocenters. The highest BCUT2D eigenvalue weighted by Crippen LogP contribution is 2.35. The van der Waals surface area contributed by atoms with Crippen LogP contribution in [0.25, 0.3) is 10.9 Å². The lowest BCUT2D eigenvalue weighted by atomic mass is 10.2. The summed E-state index contributed by atoms with van der Waals surface area (Å²) >= 11 is 2.50. The van der Waals surface area contributed by atoms with Crippen molar-refractivity contribution in [1.82, 2.24) is 25.1 Å². The third-order valence-electron chi connectivity index (χ3n) is 4.03. The molecular formula is C19H20F3N5OS2. The van der Waals surface area contributed by atoms with Crippen LogP contribution < -0.4 is 5.32 Å². The molecule has 3 rings (SSSR count). The number of para-hydroxylation sites is 1. The maximum Gasteiger partial charge on any atom is 0.433 e. The molecule has 0 saturated carbocycles. The number of halogens is 3. The van der Waals surface area contributed by atoms with E-state index < -0.39 is 11.9 Å². The van der Waals surface area contributed by atoms with Crippen LogP contribution in [0.1, 0.15) is 25.4 Å². The maximum atomic E-state index is 13.2. The number of pyridine rings is 1. The van der Waals surface area contributed by atoms with E-state index in [0.717, 1.165) is 6.07 Å². The number of amides is 1. The molecule has 3 aromatic rings. The Balaban J connectivity index is 1.75.